The van der Waals surface area contributed by atoms with E-state index >= 15 is 0 Å². The molecule has 0 aliphatic carbocycles. The van der Waals surface area contributed by atoms with Gasteiger partial charge in [-0.1, -0.05) is 23.8 Å². The van der Waals surface area contributed by atoms with Crippen molar-refractivity contribution in [2.24, 2.45) is 4.99 Å². The van der Waals surface area contributed by atoms with Crippen molar-refractivity contribution in [3.8, 4) is 11.1 Å². The van der Waals surface area contributed by atoms with Gasteiger partial charge >= 0.3 is 6.18 Å². The molecule has 1 aromatic heterocycles. The van der Waals surface area contributed by atoms with Gasteiger partial charge in [-0.15, -0.1) is 0 Å². The number of halogens is 4. The molecule has 3 nitrogen and oxygen atoms in total. The number of Topliss-reactive ketones (excluding diaryl/α,β-unsaturated/α-hetero) is 1. The molecule has 0 unspecified atom stereocenters. The van der Waals surface area contributed by atoms with Gasteiger partial charge in [0.05, 0.1) is 17.0 Å². The zero-order chi connectivity index (χ0) is 21.5. The Morgan fingerprint density at radius 1 is 0.967 bits per heavy atom. The van der Waals surface area contributed by atoms with E-state index in [1.54, 1.807) is 49.5 Å². The predicted molar refractivity (Wildman–Crippen MR) is 113 cm³/mol. The van der Waals surface area contributed by atoms with Gasteiger partial charge in [-0.05, 0) is 69.9 Å². The fourth-order valence-electron chi connectivity index (χ4n) is 3.54. The number of hydrogen-bond donors (Lipinski definition) is 0. The van der Waals surface area contributed by atoms with Crippen LogP contribution in [0.25, 0.3) is 11.1 Å². The van der Waals surface area contributed by atoms with Crippen molar-refractivity contribution in [1.29, 1.82) is 0 Å². The third kappa shape index (κ3) is 4.21. The van der Waals surface area contributed by atoms with Crippen LogP contribution in [0.4, 0.5) is 18.9 Å². The van der Waals surface area contributed by atoms with Gasteiger partial charge in [0.15, 0.2) is 0 Å². The highest BCUT2D eigenvalue weighted by molar-refractivity contribution is 9.10. The van der Waals surface area contributed by atoms with E-state index in [0.29, 0.717) is 32.7 Å². The van der Waals surface area contributed by atoms with Crippen LogP contribution >= 0.6 is 15.9 Å². The van der Waals surface area contributed by atoms with Crippen molar-refractivity contribution >= 4 is 33.1 Å². The van der Waals surface area contributed by atoms with E-state index in [2.05, 4.69) is 25.9 Å². The summed E-state index contributed by atoms with van der Waals surface area (Å²) < 4.78 is 41.3. The van der Waals surface area contributed by atoms with Crippen LogP contribution < -0.4 is 0 Å². The van der Waals surface area contributed by atoms with E-state index in [9.17, 15) is 18.0 Å². The van der Waals surface area contributed by atoms with Gasteiger partial charge in [0.1, 0.15) is 10.4 Å². The third-order valence-electron chi connectivity index (χ3n) is 4.94. The summed E-state index contributed by atoms with van der Waals surface area (Å²) in [6.07, 6.45) is -2.57. The quantitative estimate of drug-likeness (QED) is 0.400. The van der Waals surface area contributed by atoms with Gasteiger partial charge in [-0.2, -0.15) is 13.2 Å². The molecule has 0 N–H and O–H groups in total. The highest BCUT2D eigenvalue weighted by atomic mass is 79.9. The van der Waals surface area contributed by atoms with Gasteiger partial charge in [-0.3, -0.25) is 9.79 Å². The first-order chi connectivity index (χ1) is 14.2. The first kappa shape index (κ1) is 20.5. The van der Waals surface area contributed by atoms with Crippen molar-refractivity contribution < 1.29 is 18.0 Å². The van der Waals surface area contributed by atoms with E-state index in [1.807, 2.05) is 0 Å². The number of rotatable bonds is 2. The zero-order valence-corrected chi connectivity index (χ0v) is 17.5. The Kier molecular flexibility index (Phi) is 5.32. The van der Waals surface area contributed by atoms with Gasteiger partial charge in [0.2, 0.25) is 0 Å². The predicted octanol–water partition coefficient (Wildman–Crippen LogP) is 6.47. The molecule has 152 valence electrons. The second kappa shape index (κ2) is 7.80. The fourth-order valence-corrected chi connectivity index (χ4v) is 3.91. The van der Waals surface area contributed by atoms with Crippen molar-refractivity contribution in [3.05, 3.63) is 81.6 Å². The number of hydrogen-bond acceptors (Lipinski definition) is 3. The van der Waals surface area contributed by atoms with Gasteiger partial charge in [0, 0.05) is 24.6 Å². The highest BCUT2D eigenvalue weighted by Crippen LogP contribution is 2.39. The maximum absolute atomic E-state index is 13.6. The lowest BCUT2D eigenvalue weighted by Crippen LogP contribution is -2.09. The summed E-state index contributed by atoms with van der Waals surface area (Å²) in [7, 11) is 0. The van der Waals surface area contributed by atoms with Crippen LogP contribution in [-0.4, -0.2) is 16.5 Å². The zero-order valence-electron chi connectivity index (χ0n) is 15.9. The Labute approximate surface area is 179 Å². The number of aliphatic imine (C=N–C) groups is 1. The van der Waals surface area contributed by atoms with Crippen LogP contribution in [0.15, 0.2) is 64.3 Å². The largest absolute Gasteiger partial charge is 0.417 e. The number of alkyl halides is 3. The van der Waals surface area contributed by atoms with Crippen molar-refractivity contribution in [2.45, 2.75) is 25.9 Å². The van der Waals surface area contributed by atoms with Crippen molar-refractivity contribution in [1.82, 2.24) is 4.98 Å². The average Bonchev–Trinajstić information content (AvgIpc) is 2.84. The molecule has 0 radical (unpaired) electrons. The summed E-state index contributed by atoms with van der Waals surface area (Å²) in [4.78, 5) is 21.3. The minimum Gasteiger partial charge on any atom is -0.299 e. The normalized spacial score (nSPS) is 14.2. The minimum atomic E-state index is -4.47. The fraction of sp³-hybridized carbons (Fsp3) is 0.174. The second-order valence-electron chi connectivity index (χ2n) is 7.21. The number of pyridine rings is 1. The van der Waals surface area contributed by atoms with Crippen LogP contribution in [0, 0.1) is 6.92 Å². The summed E-state index contributed by atoms with van der Waals surface area (Å²) in [6.45, 7) is 1.63. The molecule has 0 bridgehead atoms. The van der Waals surface area contributed by atoms with Crippen LogP contribution in [0.5, 0.6) is 0 Å². The molecule has 0 amide bonds. The Bertz CT molecular complexity index is 1190. The molecule has 1 aliphatic heterocycles. The monoisotopic (exact) mass is 472 g/mol. The molecule has 0 spiro atoms. The molecular weight excluding hydrogens is 457 g/mol. The summed E-state index contributed by atoms with van der Waals surface area (Å²) in [5, 5.41) is 0. The first-order valence-corrected chi connectivity index (χ1v) is 10.0. The molecule has 2 aromatic carbocycles. The molecule has 7 heteroatoms. The first-order valence-electron chi connectivity index (χ1n) is 9.23. The maximum atomic E-state index is 13.6. The van der Waals surface area contributed by atoms with E-state index < -0.39 is 11.7 Å². The summed E-state index contributed by atoms with van der Waals surface area (Å²) >= 11 is 3.32. The Morgan fingerprint density at radius 2 is 1.77 bits per heavy atom. The SMILES string of the molecule is Cc1ccc(-c2ccc3c(c2)CC(=O)CC(c2ccnc(Br)c2)=N3)c(C(F)(F)F)c1. The number of ketones is 1. The maximum Gasteiger partial charge on any atom is 0.417 e. The van der Waals surface area contributed by atoms with E-state index in [4.69, 9.17) is 0 Å². The van der Waals surface area contributed by atoms with Crippen molar-refractivity contribution in [2.75, 3.05) is 0 Å². The summed E-state index contributed by atoms with van der Waals surface area (Å²) in [5.74, 6) is -0.0439. The highest BCUT2D eigenvalue weighted by Gasteiger charge is 2.34. The van der Waals surface area contributed by atoms with E-state index in [-0.39, 0.29) is 24.2 Å². The molecule has 0 saturated carbocycles. The summed E-state index contributed by atoms with van der Waals surface area (Å²) in [6, 6.07) is 12.8. The second-order valence-corrected chi connectivity index (χ2v) is 8.02. The number of aromatic nitrogens is 1. The molecule has 2 heterocycles. The smallest absolute Gasteiger partial charge is 0.299 e. The number of nitrogens with zero attached hydrogens (tertiary/aromatic N) is 2. The standard InChI is InChI=1S/C23H16BrF3N2O/c1-13-2-4-18(19(8-13)23(25,26)27)14-3-5-20-16(9-14)10-17(30)12-21(29-20)15-6-7-28-22(24)11-15/h2-9,11H,10,12H2,1H3. The van der Waals surface area contributed by atoms with Crippen LogP contribution in [0.1, 0.15) is 28.7 Å². The molecule has 0 saturated heterocycles. The average molecular weight is 473 g/mol. The minimum absolute atomic E-state index is 0.0439. The Balaban J connectivity index is 1.81. The lowest BCUT2D eigenvalue weighted by Gasteiger charge is -2.15. The van der Waals surface area contributed by atoms with E-state index in [0.717, 1.165) is 11.6 Å². The molecule has 0 fully saturated rings. The lowest BCUT2D eigenvalue weighted by atomic mass is 9.94. The van der Waals surface area contributed by atoms with Crippen LogP contribution in [-0.2, 0) is 17.4 Å². The number of carbonyl (C=O) groups is 1. The van der Waals surface area contributed by atoms with Crippen LogP contribution in [0.2, 0.25) is 0 Å². The number of carbonyl (C=O) groups excluding carboxylic acids is 1. The Morgan fingerprint density at radius 3 is 2.50 bits per heavy atom. The Hall–Kier alpha value is -2.80. The van der Waals surface area contributed by atoms with Gasteiger partial charge in [-0.25, -0.2) is 4.98 Å². The number of fused-ring (bicyclic) bond motifs is 1. The number of benzene rings is 2. The van der Waals surface area contributed by atoms with E-state index in [1.165, 1.54) is 6.07 Å². The summed E-state index contributed by atoms with van der Waals surface area (Å²) in [5.41, 5.74) is 2.96. The molecular formula is C23H16BrF3N2O. The van der Waals surface area contributed by atoms with Gasteiger partial charge < -0.3 is 0 Å². The molecule has 3 aromatic rings. The van der Waals surface area contributed by atoms with Crippen molar-refractivity contribution in [3.63, 3.8) is 0 Å². The molecule has 1 aliphatic rings. The molecule has 0 atom stereocenters. The lowest BCUT2D eigenvalue weighted by molar-refractivity contribution is -0.137. The topological polar surface area (TPSA) is 42.3 Å². The third-order valence-corrected chi connectivity index (χ3v) is 5.37. The van der Waals surface area contributed by atoms with Gasteiger partial charge in [0.25, 0.3) is 0 Å². The van der Waals surface area contributed by atoms with Crippen LogP contribution in [0.3, 0.4) is 0 Å². The molecule has 4 rings (SSSR count). The molecule has 30 heavy (non-hydrogen) atoms. The number of aryl methyl sites for hydroxylation is 1.